The molecule has 7 nitrogen and oxygen atoms in total. The number of benzene rings is 1. The average molecular weight is 379 g/mol. The molecule has 1 aromatic carbocycles. The number of ether oxygens (including phenoxy) is 2. The largest absolute Gasteiger partial charge is 0.504 e. The number of nitrogens with two attached hydrogens (primary N) is 1. The molecule has 1 saturated heterocycles. The summed E-state index contributed by atoms with van der Waals surface area (Å²) in [6.45, 7) is 3.82. The van der Waals surface area contributed by atoms with Crippen molar-refractivity contribution in [1.82, 2.24) is 9.97 Å². The Kier molecular flexibility index (Phi) is 5.68. The van der Waals surface area contributed by atoms with Gasteiger partial charge >= 0.3 is 0 Å². The predicted molar refractivity (Wildman–Crippen MR) is 101 cm³/mol. The lowest BCUT2D eigenvalue weighted by molar-refractivity contribution is 0.134. The number of hydrogen-bond acceptors (Lipinski definition) is 7. The van der Waals surface area contributed by atoms with Gasteiger partial charge in [0.2, 0.25) is 5.95 Å². The summed E-state index contributed by atoms with van der Waals surface area (Å²) >= 11 is 6.48. The summed E-state index contributed by atoms with van der Waals surface area (Å²) in [6.07, 6.45) is 1.61. The first-order valence-electron chi connectivity index (χ1n) is 8.57. The van der Waals surface area contributed by atoms with Gasteiger partial charge in [-0.25, -0.2) is 4.98 Å². The maximum Gasteiger partial charge on any atom is 0.222 e. The van der Waals surface area contributed by atoms with E-state index in [-0.39, 0.29) is 17.7 Å². The first kappa shape index (κ1) is 18.5. The molecule has 1 aromatic heterocycles. The molecule has 1 fully saturated rings. The fourth-order valence-corrected chi connectivity index (χ4v) is 3.40. The van der Waals surface area contributed by atoms with Crippen LogP contribution in [-0.4, -0.2) is 41.9 Å². The Morgan fingerprint density at radius 2 is 2.19 bits per heavy atom. The number of anilines is 2. The van der Waals surface area contributed by atoms with Crippen LogP contribution in [0.5, 0.6) is 11.5 Å². The summed E-state index contributed by atoms with van der Waals surface area (Å²) in [4.78, 5) is 10.8. The van der Waals surface area contributed by atoms with E-state index in [2.05, 4.69) is 14.9 Å². The van der Waals surface area contributed by atoms with Gasteiger partial charge in [-0.1, -0.05) is 18.5 Å². The van der Waals surface area contributed by atoms with Crippen LogP contribution < -0.4 is 15.4 Å². The van der Waals surface area contributed by atoms with E-state index in [1.54, 1.807) is 12.1 Å². The van der Waals surface area contributed by atoms with Gasteiger partial charge < -0.3 is 25.2 Å². The molecule has 0 amide bonds. The summed E-state index contributed by atoms with van der Waals surface area (Å²) in [5.41, 5.74) is 7.52. The standard InChI is InChI=1S/C18H23ClN4O3/c1-3-11-7-17(22-18(20)21-11)23-5-4-6-26-10-14(23)12-8-15(24)16(25-2)9-13(12)19/h7-9,14,24H,3-6,10H2,1-2H3,(H2,20,21,22)/t14-/m0/s1. The van der Waals surface area contributed by atoms with Crippen LogP contribution in [0.2, 0.25) is 5.02 Å². The molecule has 1 atom stereocenters. The third kappa shape index (κ3) is 3.78. The lowest BCUT2D eigenvalue weighted by atomic mass is 10.0. The molecule has 2 heterocycles. The van der Waals surface area contributed by atoms with Gasteiger partial charge in [0.05, 0.1) is 19.8 Å². The highest BCUT2D eigenvalue weighted by Crippen LogP contribution is 2.39. The molecule has 1 aliphatic rings. The number of rotatable bonds is 4. The molecular weight excluding hydrogens is 356 g/mol. The van der Waals surface area contributed by atoms with Crippen molar-refractivity contribution in [2.24, 2.45) is 0 Å². The fraction of sp³-hybridized carbons (Fsp3) is 0.444. The second-order valence-electron chi connectivity index (χ2n) is 6.11. The van der Waals surface area contributed by atoms with Gasteiger partial charge in [0.1, 0.15) is 5.82 Å². The van der Waals surface area contributed by atoms with Crippen molar-refractivity contribution in [2.75, 3.05) is 37.5 Å². The Labute approximate surface area is 157 Å². The second kappa shape index (κ2) is 7.97. The van der Waals surface area contributed by atoms with Crippen LogP contribution in [0.4, 0.5) is 11.8 Å². The van der Waals surface area contributed by atoms with E-state index >= 15 is 0 Å². The monoisotopic (exact) mass is 378 g/mol. The van der Waals surface area contributed by atoms with Crippen LogP contribution in [0.25, 0.3) is 0 Å². The summed E-state index contributed by atoms with van der Waals surface area (Å²) < 4.78 is 10.9. The van der Waals surface area contributed by atoms with E-state index in [9.17, 15) is 5.11 Å². The highest BCUT2D eigenvalue weighted by molar-refractivity contribution is 6.31. The van der Waals surface area contributed by atoms with E-state index < -0.39 is 0 Å². The SMILES string of the molecule is CCc1cc(N2CCCOC[C@H]2c2cc(O)c(OC)cc2Cl)nc(N)n1. The molecule has 1 aliphatic heterocycles. The van der Waals surface area contributed by atoms with Gasteiger partial charge in [-0.05, 0) is 24.5 Å². The van der Waals surface area contributed by atoms with Crippen molar-refractivity contribution >= 4 is 23.4 Å². The number of phenols is 1. The van der Waals surface area contributed by atoms with Crippen LogP contribution in [0.3, 0.4) is 0 Å². The molecule has 0 spiro atoms. The smallest absolute Gasteiger partial charge is 0.222 e. The zero-order chi connectivity index (χ0) is 18.7. The number of hydrogen-bond donors (Lipinski definition) is 2. The fourth-order valence-electron chi connectivity index (χ4n) is 3.12. The van der Waals surface area contributed by atoms with Crippen LogP contribution in [0.15, 0.2) is 18.2 Å². The van der Waals surface area contributed by atoms with E-state index in [4.69, 9.17) is 26.8 Å². The number of aryl methyl sites for hydroxylation is 1. The van der Waals surface area contributed by atoms with Crippen molar-refractivity contribution in [3.8, 4) is 11.5 Å². The zero-order valence-electron chi connectivity index (χ0n) is 14.9. The third-order valence-corrected chi connectivity index (χ3v) is 4.76. The van der Waals surface area contributed by atoms with Gasteiger partial charge in [-0.3, -0.25) is 0 Å². The number of aromatic hydroxyl groups is 1. The van der Waals surface area contributed by atoms with E-state index in [0.717, 1.165) is 36.5 Å². The Morgan fingerprint density at radius 1 is 1.38 bits per heavy atom. The lowest BCUT2D eigenvalue weighted by Gasteiger charge is -2.31. The second-order valence-corrected chi connectivity index (χ2v) is 6.52. The summed E-state index contributed by atoms with van der Waals surface area (Å²) in [6, 6.07) is 4.96. The average Bonchev–Trinajstić information content (AvgIpc) is 2.88. The van der Waals surface area contributed by atoms with Crippen molar-refractivity contribution < 1.29 is 14.6 Å². The maximum absolute atomic E-state index is 10.2. The number of methoxy groups -OCH3 is 1. The molecule has 0 saturated carbocycles. The molecule has 8 heteroatoms. The Balaban J connectivity index is 2.06. The quantitative estimate of drug-likeness (QED) is 0.844. The van der Waals surface area contributed by atoms with Gasteiger partial charge in [0.15, 0.2) is 11.5 Å². The molecule has 0 unspecified atom stereocenters. The lowest BCUT2D eigenvalue weighted by Crippen LogP contribution is -2.32. The molecule has 3 N–H and O–H groups in total. The summed E-state index contributed by atoms with van der Waals surface area (Å²) in [7, 11) is 1.49. The van der Waals surface area contributed by atoms with Gasteiger partial charge in [-0.15, -0.1) is 0 Å². The minimum absolute atomic E-state index is 0.0348. The van der Waals surface area contributed by atoms with Crippen molar-refractivity contribution in [1.29, 1.82) is 0 Å². The minimum Gasteiger partial charge on any atom is -0.504 e. The first-order chi connectivity index (χ1) is 12.5. The van der Waals surface area contributed by atoms with Crippen molar-refractivity contribution in [2.45, 2.75) is 25.8 Å². The van der Waals surface area contributed by atoms with Gasteiger partial charge in [-0.2, -0.15) is 4.98 Å². The number of nitrogen functional groups attached to an aromatic ring is 1. The zero-order valence-corrected chi connectivity index (χ0v) is 15.7. The first-order valence-corrected chi connectivity index (χ1v) is 8.95. The minimum atomic E-state index is -0.208. The predicted octanol–water partition coefficient (Wildman–Crippen LogP) is 2.96. The van der Waals surface area contributed by atoms with E-state index in [1.807, 2.05) is 13.0 Å². The van der Waals surface area contributed by atoms with Crippen molar-refractivity contribution in [3.05, 3.63) is 34.5 Å². The molecular formula is C18H23ClN4O3. The number of phenolic OH excluding ortho intramolecular Hbond substituents is 1. The Bertz CT molecular complexity index is 787. The Morgan fingerprint density at radius 3 is 2.92 bits per heavy atom. The molecule has 3 rings (SSSR count). The number of aromatic nitrogens is 2. The van der Waals surface area contributed by atoms with Crippen LogP contribution in [0.1, 0.15) is 30.6 Å². The summed E-state index contributed by atoms with van der Waals surface area (Å²) in [5, 5.41) is 10.7. The normalized spacial score (nSPS) is 17.8. The topological polar surface area (TPSA) is 93.7 Å². The number of halogens is 1. The number of nitrogens with zero attached hydrogens (tertiary/aromatic N) is 3. The summed E-state index contributed by atoms with van der Waals surface area (Å²) in [5.74, 6) is 1.34. The van der Waals surface area contributed by atoms with Crippen LogP contribution >= 0.6 is 11.6 Å². The van der Waals surface area contributed by atoms with Crippen LogP contribution in [0, 0.1) is 0 Å². The molecule has 0 bridgehead atoms. The Hall–Kier alpha value is -2.25. The molecule has 0 aliphatic carbocycles. The molecule has 2 aromatic rings. The third-order valence-electron chi connectivity index (χ3n) is 4.44. The van der Waals surface area contributed by atoms with Crippen molar-refractivity contribution in [3.63, 3.8) is 0 Å². The molecule has 140 valence electrons. The maximum atomic E-state index is 10.2. The molecule has 0 radical (unpaired) electrons. The highest BCUT2D eigenvalue weighted by atomic mass is 35.5. The van der Waals surface area contributed by atoms with Gasteiger partial charge in [0, 0.05) is 36.0 Å². The van der Waals surface area contributed by atoms with E-state index in [0.29, 0.717) is 24.0 Å². The van der Waals surface area contributed by atoms with Crippen LogP contribution in [-0.2, 0) is 11.2 Å². The molecule has 26 heavy (non-hydrogen) atoms. The highest BCUT2D eigenvalue weighted by Gasteiger charge is 2.28. The van der Waals surface area contributed by atoms with E-state index in [1.165, 1.54) is 7.11 Å². The van der Waals surface area contributed by atoms with Gasteiger partial charge in [0.25, 0.3) is 0 Å².